The first-order valence-electron chi connectivity index (χ1n) is 4.68. The Morgan fingerprint density at radius 3 is 2.29 bits per heavy atom. The molecule has 0 aromatic rings. The van der Waals surface area contributed by atoms with Crippen LogP contribution in [0.4, 0.5) is 0 Å². The zero-order valence-corrected chi connectivity index (χ0v) is 9.76. The second kappa shape index (κ2) is 3.64. The molecule has 0 saturated carbocycles. The molecule has 0 aliphatic carbocycles. The lowest BCUT2D eigenvalue weighted by atomic mass is 9.83. The third kappa shape index (κ3) is 2.80. The van der Waals surface area contributed by atoms with E-state index in [1.54, 1.807) is 0 Å². The van der Waals surface area contributed by atoms with Gasteiger partial charge in [0.2, 0.25) is 0 Å². The van der Waals surface area contributed by atoms with Crippen molar-refractivity contribution in [2.24, 2.45) is 10.6 Å². The highest BCUT2D eigenvalue weighted by atomic mass is 32.2. The van der Waals surface area contributed by atoms with Crippen LogP contribution in [0.3, 0.4) is 0 Å². The normalized spacial score (nSPS) is 20.7. The molecule has 1 heterocycles. The standard InChI is InChI=1S/C9H18N2O2S/c1-9(2,3)8-4-6-11(7-5-8)14(10,12)13/h4H,5-7H2,1-3H3,(H2,10,12,13). The molecular weight excluding hydrogens is 200 g/mol. The van der Waals surface area contributed by atoms with Gasteiger partial charge in [-0.3, -0.25) is 0 Å². The maximum Gasteiger partial charge on any atom is 0.277 e. The van der Waals surface area contributed by atoms with Gasteiger partial charge in [-0.05, 0) is 11.8 Å². The van der Waals surface area contributed by atoms with Gasteiger partial charge in [0.25, 0.3) is 10.2 Å². The summed E-state index contributed by atoms with van der Waals surface area (Å²) in [6.07, 6.45) is 2.74. The van der Waals surface area contributed by atoms with Gasteiger partial charge in [0.15, 0.2) is 0 Å². The molecule has 0 amide bonds. The average Bonchev–Trinajstić information content (AvgIpc) is 2.01. The molecule has 0 radical (unpaired) electrons. The largest absolute Gasteiger partial charge is 0.277 e. The zero-order chi connectivity index (χ0) is 11.0. The van der Waals surface area contributed by atoms with Gasteiger partial charge >= 0.3 is 0 Å². The van der Waals surface area contributed by atoms with E-state index >= 15 is 0 Å². The smallest absolute Gasteiger partial charge is 0.216 e. The molecular formula is C9H18N2O2S. The van der Waals surface area contributed by atoms with Gasteiger partial charge in [0, 0.05) is 13.1 Å². The number of hydrogen-bond donors (Lipinski definition) is 1. The van der Waals surface area contributed by atoms with Crippen LogP contribution in [0.5, 0.6) is 0 Å². The lowest BCUT2D eigenvalue weighted by Crippen LogP contribution is -2.40. The van der Waals surface area contributed by atoms with E-state index in [0.29, 0.717) is 13.1 Å². The van der Waals surface area contributed by atoms with Crippen LogP contribution in [0.25, 0.3) is 0 Å². The number of nitrogens with two attached hydrogens (primary N) is 1. The molecule has 1 rings (SSSR count). The van der Waals surface area contributed by atoms with E-state index in [-0.39, 0.29) is 5.41 Å². The molecule has 2 N–H and O–H groups in total. The number of hydrogen-bond acceptors (Lipinski definition) is 2. The minimum atomic E-state index is -3.51. The van der Waals surface area contributed by atoms with Crippen molar-refractivity contribution in [3.05, 3.63) is 11.6 Å². The van der Waals surface area contributed by atoms with Crippen LogP contribution in [-0.4, -0.2) is 25.8 Å². The van der Waals surface area contributed by atoms with Gasteiger partial charge in [0.1, 0.15) is 0 Å². The molecule has 5 heteroatoms. The van der Waals surface area contributed by atoms with Crippen LogP contribution < -0.4 is 5.14 Å². The summed E-state index contributed by atoms with van der Waals surface area (Å²) in [6, 6.07) is 0. The maximum absolute atomic E-state index is 11.0. The Balaban J connectivity index is 2.75. The van der Waals surface area contributed by atoms with Crippen LogP contribution in [0, 0.1) is 5.41 Å². The minimum Gasteiger partial charge on any atom is -0.216 e. The molecule has 1 aliphatic rings. The lowest BCUT2D eigenvalue weighted by molar-refractivity contribution is 0.390. The highest BCUT2D eigenvalue weighted by molar-refractivity contribution is 7.86. The van der Waals surface area contributed by atoms with Crippen molar-refractivity contribution >= 4 is 10.2 Å². The summed E-state index contributed by atoms with van der Waals surface area (Å²) < 4.78 is 23.3. The van der Waals surface area contributed by atoms with E-state index in [1.165, 1.54) is 9.88 Å². The van der Waals surface area contributed by atoms with Crippen LogP contribution in [0.15, 0.2) is 11.6 Å². The third-order valence-corrected chi connectivity index (χ3v) is 3.55. The first-order chi connectivity index (χ1) is 6.21. The molecule has 82 valence electrons. The number of rotatable bonds is 1. The van der Waals surface area contributed by atoms with Crippen molar-refractivity contribution in [1.29, 1.82) is 0 Å². The molecule has 0 bridgehead atoms. The van der Waals surface area contributed by atoms with Crippen molar-refractivity contribution in [2.75, 3.05) is 13.1 Å². The Morgan fingerprint density at radius 2 is 2.00 bits per heavy atom. The molecule has 0 saturated heterocycles. The predicted molar refractivity (Wildman–Crippen MR) is 56.8 cm³/mol. The third-order valence-electron chi connectivity index (χ3n) is 2.50. The molecule has 0 aromatic heterocycles. The topological polar surface area (TPSA) is 63.4 Å². The zero-order valence-electron chi connectivity index (χ0n) is 8.95. The van der Waals surface area contributed by atoms with Crippen molar-refractivity contribution < 1.29 is 8.42 Å². The van der Waals surface area contributed by atoms with Gasteiger partial charge in [-0.2, -0.15) is 12.7 Å². The fourth-order valence-corrected chi connectivity index (χ4v) is 2.19. The second-order valence-corrected chi connectivity index (χ2v) is 6.18. The van der Waals surface area contributed by atoms with E-state index < -0.39 is 10.2 Å². The monoisotopic (exact) mass is 218 g/mol. The Kier molecular flexibility index (Phi) is 3.04. The summed E-state index contributed by atoms with van der Waals surface area (Å²) >= 11 is 0. The molecule has 1 aliphatic heterocycles. The molecule has 0 unspecified atom stereocenters. The lowest BCUT2D eigenvalue weighted by Gasteiger charge is -2.30. The van der Waals surface area contributed by atoms with Crippen LogP contribution in [0.1, 0.15) is 27.2 Å². The Hall–Kier alpha value is -0.390. The van der Waals surface area contributed by atoms with E-state index in [4.69, 9.17) is 5.14 Å². The summed E-state index contributed by atoms with van der Waals surface area (Å²) in [5.74, 6) is 0. The summed E-state index contributed by atoms with van der Waals surface area (Å²) in [4.78, 5) is 0. The Labute approximate surface area is 86.0 Å². The van der Waals surface area contributed by atoms with E-state index in [0.717, 1.165) is 6.42 Å². The Morgan fingerprint density at radius 1 is 1.43 bits per heavy atom. The fourth-order valence-electron chi connectivity index (χ4n) is 1.56. The van der Waals surface area contributed by atoms with E-state index in [1.807, 2.05) is 6.08 Å². The van der Waals surface area contributed by atoms with Gasteiger partial charge < -0.3 is 0 Å². The average molecular weight is 218 g/mol. The molecule has 0 spiro atoms. The molecule has 4 nitrogen and oxygen atoms in total. The molecule has 0 fully saturated rings. The second-order valence-electron chi connectivity index (χ2n) is 4.63. The summed E-state index contributed by atoms with van der Waals surface area (Å²) in [5.41, 5.74) is 1.43. The van der Waals surface area contributed by atoms with Crippen molar-refractivity contribution in [3.63, 3.8) is 0 Å². The first-order valence-corrected chi connectivity index (χ1v) is 6.19. The van der Waals surface area contributed by atoms with Gasteiger partial charge in [-0.15, -0.1) is 0 Å². The van der Waals surface area contributed by atoms with E-state index in [2.05, 4.69) is 20.8 Å². The highest BCUT2D eigenvalue weighted by Crippen LogP contribution is 2.30. The molecule has 14 heavy (non-hydrogen) atoms. The van der Waals surface area contributed by atoms with Gasteiger partial charge in [0.05, 0.1) is 0 Å². The van der Waals surface area contributed by atoms with Crippen molar-refractivity contribution in [1.82, 2.24) is 4.31 Å². The Bertz CT molecular complexity index is 338. The van der Waals surface area contributed by atoms with Gasteiger partial charge in [-0.25, -0.2) is 5.14 Å². The fraction of sp³-hybridized carbons (Fsp3) is 0.778. The summed E-state index contributed by atoms with van der Waals surface area (Å²) in [6.45, 7) is 7.30. The van der Waals surface area contributed by atoms with Crippen LogP contribution in [-0.2, 0) is 10.2 Å². The van der Waals surface area contributed by atoms with E-state index in [9.17, 15) is 8.42 Å². The van der Waals surface area contributed by atoms with Crippen LogP contribution >= 0.6 is 0 Å². The highest BCUT2D eigenvalue weighted by Gasteiger charge is 2.25. The number of nitrogens with zero attached hydrogens (tertiary/aromatic N) is 1. The first kappa shape index (κ1) is 11.7. The molecule has 0 aromatic carbocycles. The SMILES string of the molecule is CC(C)(C)C1=CCN(S(N)(=O)=O)CC1. The van der Waals surface area contributed by atoms with Crippen molar-refractivity contribution in [2.45, 2.75) is 27.2 Å². The summed E-state index contributed by atoms with van der Waals surface area (Å²) in [5, 5.41) is 5.03. The molecule has 0 atom stereocenters. The predicted octanol–water partition coefficient (Wildman–Crippen LogP) is 0.868. The maximum atomic E-state index is 11.0. The van der Waals surface area contributed by atoms with Crippen molar-refractivity contribution in [3.8, 4) is 0 Å². The minimum absolute atomic E-state index is 0.129. The van der Waals surface area contributed by atoms with Crippen LogP contribution in [0.2, 0.25) is 0 Å². The van der Waals surface area contributed by atoms with Gasteiger partial charge in [-0.1, -0.05) is 32.4 Å². The quantitative estimate of drug-likeness (QED) is 0.664. The summed E-state index contributed by atoms with van der Waals surface area (Å²) in [7, 11) is -3.51.